The molecule has 1 unspecified atom stereocenters. The SMILES string of the molecule is CC(C)(C)NCCS(=O)c1cccc(Cl)c1. The maximum absolute atomic E-state index is 11.9. The molecule has 0 radical (unpaired) electrons. The summed E-state index contributed by atoms with van der Waals surface area (Å²) in [6, 6.07) is 7.22. The van der Waals surface area contributed by atoms with E-state index in [2.05, 4.69) is 26.1 Å². The summed E-state index contributed by atoms with van der Waals surface area (Å²) < 4.78 is 11.9. The van der Waals surface area contributed by atoms with E-state index in [0.717, 1.165) is 11.4 Å². The lowest BCUT2D eigenvalue weighted by Crippen LogP contribution is -2.38. The Morgan fingerprint density at radius 1 is 1.38 bits per heavy atom. The van der Waals surface area contributed by atoms with Crippen molar-refractivity contribution in [2.45, 2.75) is 31.2 Å². The molecule has 0 saturated carbocycles. The van der Waals surface area contributed by atoms with E-state index in [4.69, 9.17) is 11.6 Å². The summed E-state index contributed by atoms with van der Waals surface area (Å²) in [4.78, 5) is 0.795. The van der Waals surface area contributed by atoms with Crippen LogP contribution in [0.5, 0.6) is 0 Å². The van der Waals surface area contributed by atoms with Crippen molar-refractivity contribution in [2.24, 2.45) is 0 Å². The van der Waals surface area contributed by atoms with Crippen molar-refractivity contribution in [2.75, 3.05) is 12.3 Å². The third kappa shape index (κ3) is 5.10. The minimum Gasteiger partial charge on any atom is -0.311 e. The van der Waals surface area contributed by atoms with Gasteiger partial charge in [0.25, 0.3) is 0 Å². The van der Waals surface area contributed by atoms with Crippen LogP contribution in [0.1, 0.15) is 20.8 Å². The van der Waals surface area contributed by atoms with Gasteiger partial charge in [0.15, 0.2) is 0 Å². The van der Waals surface area contributed by atoms with E-state index >= 15 is 0 Å². The molecular formula is C12H18ClNOS. The molecule has 0 aromatic heterocycles. The first-order valence-electron chi connectivity index (χ1n) is 5.27. The van der Waals surface area contributed by atoms with Gasteiger partial charge in [-0.3, -0.25) is 4.21 Å². The average molecular weight is 260 g/mol. The predicted octanol–water partition coefficient (Wildman–Crippen LogP) is 2.84. The van der Waals surface area contributed by atoms with Crippen LogP contribution in [0.3, 0.4) is 0 Å². The molecule has 0 aliphatic rings. The van der Waals surface area contributed by atoms with Gasteiger partial charge >= 0.3 is 0 Å². The lowest BCUT2D eigenvalue weighted by Gasteiger charge is -2.20. The fraction of sp³-hybridized carbons (Fsp3) is 0.500. The Labute approximate surface area is 105 Å². The van der Waals surface area contributed by atoms with E-state index in [-0.39, 0.29) is 5.54 Å². The maximum atomic E-state index is 11.9. The fourth-order valence-corrected chi connectivity index (χ4v) is 2.51. The van der Waals surface area contributed by atoms with Gasteiger partial charge in [-0.2, -0.15) is 0 Å². The van der Waals surface area contributed by atoms with Crippen LogP contribution in [0.2, 0.25) is 5.02 Å². The second-order valence-corrected chi connectivity index (χ2v) is 6.69. The molecule has 16 heavy (non-hydrogen) atoms. The van der Waals surface area contributed by atoms with Gasteiger partial charge in [0.2, 0.25) is 0 Å². The van der Waals surface area contributed by atoms with Crippen LogP contribution in [-0.2, 0) is 10.8 Å². The van der Waals surface area contributed by atoms with Gasteiger partial charge in [-0.05, 0) is 39.0 Å². The number of halogens is 1. The lowest BCUT2D eigenvalue weighted by atomic mass is 10.1. The van der Waals surface area contributed by atoms with Crippen LogP contribution < -0.4 is 5.32 Å². The van der Waals surface area contributed by atoms with E-state index in [9.17, 15) is 4.21 Å². The van der Waals surface area contributed by atoms with Gasteiger partial charge < -0.3 is 5.32 Å². The summed E-state index contributed by atoms with van der Waals surface area (Å²) in [5, 5.41) is 3.95. The number of nitrogens with one attached hydrogen (secondary N) is 1. The second-order valence-electron chi connectivity index (χ2n) is 4.68. The molecule has 90 valence electrons. The lowest BCUT2D eigenvalue weighted by molar-refractivity contribution is 0.440. The predicted molar refractivity (Wildman–Crippen MR) is 70.5 cm³/mol. The molecule has 1 N–H and O–H groups in total. The van der Waals surface area contributed by atoms with Crippen LogP contribution in [0.15, 0.2) is 29.2 Å². The molecule has 0 aliphatic heterocycles. The Balaban J connectivity index is 2.47. The van der Waals surface area contributed by atoms with E-state index in [1.807, 2.05) is 12.1 Å². The number of rotatable bonds is 4. The molecule has 4 heteroatoms. The fourth-order valence-electron chi connectivity index (χ4n) is 1.25. The number of hydrogen-bond acceptors (Lipinski definition) is 2. The molecule has 2 nitrogen and oxygen atoms in total. The standard InChI is InChI=1S/C12H18ClNOS/c1-12(2,3)14-7-8-16(15)11-6-4-5-10(13)9-11/h4-6,9,14H,7-8H2,1-3H3. The van der Waals surface area contributed by atoms with Gasteiger partial charge in [0.1, 0.15) is 0 Å². The molecule has 0 bridgehead atoms. The van der Waals surface area contributed by atoms with Crippen LogP contribution in [0, 0.1) is 0 Å². The highest BCUT2D eigenvalue weighted by Gasteiger charge is 2.10. The van der Waals surface area contributed by atoms with Crippen molar-refractivity contribution in [3.8, 4) is 0 Å². The van der Waals surface area contributed by atoms with Crippen molar-refractivity contribution >= 4 is 22.4 Å². The highest BCUT2D eigenvalue weighted by Crippen LogP contribution is 2.14. The van der Waals surface area contributed by atoms with Crippen molar-refractivity contribution in [1.29, 1.82) is 0 Å². The Bertz CT molecular complexity index is 374. The smallest absolute Gasteiger partial charge is 0.0542 e. The molecule has 0 spiro atoms. The first-order chi connectivity index (χ1) is 7.38. The molecular weight excluding hydrogens is 242 g/mol. The normalized spacial score (nSPS) is 13.8. The van der Waals surface area contributed by atoms with Gasteiger partial charge in [-0.1, -0.05) is 17.7 Å². The zero-order chi connectivity index (χ0) is 12.2. The van der Waals surface area contributed by atoms with Crippen molar-refractivity contribution in [3.63, 3.8) is 0 Å². The Hall–Kier alpha value is -0.380. The van der Waals surface area contributed by atoms with Crippen LogP contribution in [-0.4, -0.2) is 22.0 Å². The maximum Gasteiger partial charge on any atom is 0.0542 e. The summed E-state index contributed by atoms with van der Waals surface area (Å²) in [7, 11) is -0.975. The average Bonchev–Trinajstić information content (AvgIpc) is 2.15. The number of benzene rings is 1. The first kappa shape index (κ1) is 13.7. The summed E-state index contributed by atoms with van der Waals surface area (Å²) in [6.07, 6.45) is 0. The molecule has 1 rings (SSSR count). The first-order valence-corrected chi connectivity index (χ1v) is 6.97. The Morgan fingerprint density at radius 3 is 2.62 bits per heavy atom. The van der Waals surface area contributed by atoms with Gasteiger partial charge in [0, 0.05) is 27.8 Å². The second kappa shape index (κ2) is 5.80. The molecule has 0 aliphatic carbocycles. The summed E-state index contributed by atoms with van der Waals surface area (Å²) in [5.74, 6) is 0.609. The van der Waals surface area contributed by atoms with E-state index < -0.39 is 10.8 Å². The van der Waals surface area contributed by atoms with E-state index in [0.29, 0.717) is 10.8 Å². The zero-order valence-corrected chi connectivity index (χ0v) is 11.5. The third-order valence-electron chi connectivity index (χ3n) is 2.00. The van der Waals surface area contributed by atoms with Crippen LogP contribution in [0.4, 0.5) is 0 Å². The Morgan fingerprint density at radius 2 is 2.06 bits per heavy atom. The summed E-state index contributed by atoms with van der Waals surface area (Å²) in [5.41, 5.74) is 0.0680. The highest BCUT2D eigenvalue weighted by atomic mass is 35.5. The van der Waals surface area contributed by atoms with Crippen LogP contribution >= 0.6 is 11.6 Å². The molecule has 0 saturated heterocycles. The van der Waals surface area contributed by atoms with Crippen LogP contribution in [0.25, 0.3) is 0 Å². The molecule has 1 aromatic carbocycles. The quantitative estimate of drug-likeness (QED) is 0.901. The highest BCUT2D eigenvalue weighted by molar-refractivity contribution is 7.85. The van der Waals surface area contributed by atoms with Crippen molar-refractivity contribution in [3.05, 3.63) is 29.3 Å². The minimum atomic E-state index is -0.975. The zero-order valence-electron chi connectivity index (χ0n) is 9.92. The van der Waals surface area contributed by atoms with E-state index in [1.54, 1.807) is 12.1 Å². The summed E-state index contributed by atoms with van der Waals surface area (Å²) >= 11 is 5.85. The Kier molecular flexibility index (Phi) is 4.96. The molecule has 0 fully saturated rings. The van der Waals surface area contributed by atoms with E-state index in [1.165, 1.54) is 0 Å². The topological polar surface area (TPSA) is 29.1 Å². The van der Waals surface area contributed by atoms with Crippen molar-refractivity contribution < 1.29 is 4.21 Å². The molecule has 0 amide bonds. The van der Waals surface area contributed by atoms with Crippen molar-refractivity contribution in [1.82, 2.24) is 5.32 Å². The summed E-state index contributed by atoms with van der Waals surface area (Å²) in [6.45, 7) is 7.02. The monoisotopic (exact) mass is 259 g/mol. The number of hydrogen-bond donors (Lipinski definition) is 1. The molecule has 1 atom stereocenters. The largest absolute Gasteiger partial charge is 0.311 e. The van der Waals surface area contributed by atoms with Gasteiger partial charge in [-0.25, -0.2) is 0 Å². The molecule has 1 aromatic rings. The van der Waals surface area contributed by atoms with Gasteiger partial charge in [-0.15, -0.1) is 0 Å². The molecule has 0 heterocycles. The van der Waals surface area contributed by atoms with Gasteiger partial charge in [0.05, 0.1) is 10.8 Å². The third-order valence-corrected chi connectivity index (χ3v) is 3.59. The minimum absolute atomic E-state index is 0.0680.